The second-order valence-corrected chi connectivity index (χ2v) is 6.61. The van der Waals surface area contributed by atoms with Gasteiger partial charge in [0.05, 0.1) is 10.0 Å². The van der Waals surface area contributed by atoms with Crippen molar-refractivity contribution in [2.75, 3.05) is 0 Å². The summed E-state index contributed by atoms with van der Waals surface area (Å²) in [6.45, 7) is 1.74. The first-order valence-corrected chi connectivity index (χ1v) is 7.49. The van der Waals surface area contributed by atoms with Crippen LogP contribution in [0.1, 0.15) is 18.1 Å². The van der Waals surface area contributed by atoms with Gasteiger partial charge >= 0.3 is 0 Å². The third kappa shape index (κ3) is 2.87. The largest absolute Gasteiger partial charge is 0.318 e. The molecule has 0 spiro atoms. The molecule has 5 heteroatoms. The zero-order valence-electron chi connectivity index (χ0n) is 10.1. The Balaban J connectivity index is 2.61. The summed E-state index contributed by atoms with van der Waals surface area (Å²) in [5.41, 5.74) is 6.38. The summed E-state index contributed by atoms with van der Waals surface area (Å²) in [4.78, 5) is 0. The van der Waals surface area contributed by atoms with E-state index in [1.54, 1.807) is 37.3 Å². The van der Waals surface area contributed by atoms with Crippen LogP contribution in [-0.2, 0) is 5.54 Å². The molecule has 0 aliphatic rings. The van der Waals surface area contributed by atoms with E-state index in [0.717, 1.165) is 4.47 Å². The molecule has 2 aromatic carbocycles. The fourth-order valence-corrected chi connectivity index (χ4v) is 3.20. The van der Waals surface area contributed by atoms with Crippen LogP contribution in [0.2, 0.25) is 5.02 Å². The van der Waals surface area contributed by atoms with E-state index in [9.17, 15) is 4.39 Å². The number of nitrogens with two attached hydrogens (primary N) is 1. The fraction of sp³-hybridized carbons (Fsp3) is 0.143. The highest BCUT2D eigenvalue weighted by Gasteiger charge is 2.29. The zero-order chi connectivity index (χ0) is 14.2. The van der Waals surface area contributed by atoms with Crippen LogP contribution in [0, 0.1) is 5.82 Å². The molecule has 0 aliphatic carbocycles. The third-order valence-corrected chi connectivity index (χ3v) is 4.42. The molecule has 1 nitrogen and oxygen atoms in total. The third-order valence-electron chi connectivity index (χ3n) is 3.00. The van der Waals surface area contributed by atoms with Crippen molar-refractivity contribution in [2.45, 2.75) is 12.5 Å². The number of rotatable bonds is 2. The van der Waals surface area contributed by atoms with Crippen molar-refractivity contribution in [3.63, 3.8) is 0 Å². The van der Waals surface area contributed by atoms with E-state index >= 15 is 0 Å². The molecule has 2 aromatic rings. The molecule has 100 valence electrons. The smallest absolute Gasteiger partial charge is 0.142 e. The first kappa shape index (κ1) is 15.0. The van der Waals surface area contributed by atoms with Gasteiger partial charge in [-0.3, -0.25) is 0 Å². The van der Waals surface area contributed by atoms with Crippen molar-refractivity contribution < 1.29 is 4.39 Å². The van der Waals surface area contributed by atoms with Gasteiger partial charge in [0.1, 0.15) is 5.82 Å². The SMILES string of the molecule is CC(N)(c1ccc(Br)cc1Cl)c1cccc(Br)c1F. The van der Waals surface area contributed by atoms with Crippen LogP contribution in [0.25, 0.3) is 0 Å². The molecule has 0 saturated carbocycles. The molecule has 0 amide bonds. The molecule has 0 heterocycles. The molecular weight excluding hydrogens is 396 g/mol. The molecule has 1 atom stereocenters. The first-order chi connectivity index (χ1) is 8.84. The van der Waals surface area contributed by atoms with E-state index in [0.29, 0.717) is 20.6 Å². The Morgan fingerprint density at radius 1 is 1.16 bits per heavy atom. The minimum Gasteiger partial charge on any atom is -0.318 e. The van der Waals surface area contributed by atoms with Crippen molar-refractivity contribution in [2.24, 2.45) is 5.73 Å². The monoisotopic (exact) mass is 405 g/mol. The normalized spacial score (nSPS) is 14.2. The van der Waals surface area contributed by atoms with Crippen LogP contribution in [0.3, 0.4) is 0 Å². The lowest BCUT2D eigenvalue weighted by molar-refractivity contribution is 0.527. The maximum absolute atomic E-state index is 14.2. The van der Waals surface area contributed by atoms with Gasteiger partial charge < -0.3 is 5.73 Å². The Kier molecular flexibility index (Phi) is 4.35. The Bertz CT molecular complexity index is 629. The van der Waals surface area contributed by atoms with Crippen LogP contribution >= 0.6 is 43.5 Å². The van der Waals surface area contributed by atoms with E-state index in [1.165, 1.54) is 0 Å². The average molecular weight is 408 g/mol. The van der Waals surface area contributed by atoms with Crippen molar-refractivity contribution in [3.8, 4) is 0 Å². The van der Waals surface area contributed by atoms with E-state index < -0.39 is 5.54 Å². The lowest BCUT2D eigenvalue weighted by Crippen LogP contribution is -2.35. The van der Waals surface area contributed by atoms with Crippen molar-refractivity contribution in [1.82, 2.24) is 0 Å². The van der Waals surface area contributed by atoms with E-state index in [2.05, 4.69) is 31.9 Å². The highest BCUT2D eigenvalue weighted by atomic mass is 79.9. The second kappa shape index (κ2) is 5.52. The Morgan fingerprint density at radius 3 is 2.47 bits per heavy atom. The van der Waals surface area contributed by atoms with E-state index in [-0.39, 0.29) is 5.82 Å². The lowest BCUT2D eigenvalue weighted by atomic mass is 9.85. The quantitative estimate of drug-likeness (QED) is 0.725. The number of hydrogen-bond acceptors (Lipinski definition) is 1. The van der Waals surface area contributed by atoms with Gasteiger partial charge in [0.15, 0.2) is 0 Å². The van der Waals surface area contributed by atoms with Gasteiger partial charge in [-0.15, -0.1) is 0 Å². The zero-order valence-corrected chi connectivity index (χ0v) is 14.0. The van der Waals surface area contributed by atoms with Crippen LogP contribution < -0.4 is 5.73 Å². The van der Waals surface area contributed by atoms with Crippen LogP contribution in [0.5, 0.6) is 0 Å². The van der Waals surface area contributed by atoms with Crippen LogP contribution in [0.15, 0.2) is 45.3 Å². The summed E-state index contributed by atoms with van der Waals surface area (Å²) < 4.78 is 15.5. The molecule has 0 bridgehead atoms. The Morgan fingerprint density at radius 2 is 1.84 bits per heavy atom. The van der Waals surface area contributed by atoms with Gasteiger partial charge in [-0.1, -0.05) is 45.7 Å². The topological polar surface area (TPSA) is 26.0 Å². The highest BCUT2D eigenvalue weighted by Crippen LogP contribution is 2.36. The first-order valence-electron chi connectivity index (χ1n) is 5.53. The molecule has 0 aliphatic heterocycles. The standard InChI is InChI=1S/C14H11Br2ClFN/c1-14(19,9-6-5-8(15)7-12(9)17)10-3-2-4-11(16)13(10)18/h2-7H,19H2,1H3. The minimum absolute atomic E-state index is 0.369. The van der Waals surface area contributed by atoms with Gasteiger partial charge in [-0.05, 0) is 46.6 Å². The van der Waals surface area contributed by atoms with Gasteiger partial charge in [0, 0.05) is 15.1 Å². The predicted molar refractivity (Wildman–Crippen MR) is 83.9 cm³/mol. The fourth-order valence-electron chi connectivity index (χ4n) is 1.96. The summed E-state index contributed by atoms with van der Waals surface area (Å²) in [6.07, 6.45) is 0. The number of halogens is 4. The second-order valence-electron chi connectivity index (χ2n) is 4.43. The van der Waals surface area contributed by atoms with Crippen molar-refractivity contribution in [1.29, 1.82) is 0 Å². The predicted octanol–water partition coefficient (Wildman–Crippen LogP) is 5.23. The van der Waals surface area contributed by atoms with Gasteiger partial charge in [-0.2, -0.15) is 0 Å². The summed E-state index contributed by atoms with van der Waals surface area (Å²) in [6, 6.07) is 10.4. The van der Waals surface area contributed by atoms with Gasteiger partial charge in [-0.25, -0.2) is 4.39 Å². The van der Waals surface area contributed by atoms with E-state index in [1.807, 2.05) is 6.07 Å². The summed E-state index contributed by atoms with van der Waals surface area (Å²) in [5, 5.41) is 0.499. The van der Waals surface area contributed by atoms with Crippen molar-refractivity contribution in [3.05, 3.63) is 67.3 Å². The molecule has 0 fully saturated rings. The van der Waals surface area contributed by atoms with Crippen LogP contribution in [0.4, 0.5) is 4.39 Å². The Hall–Kier alpha value is -0.420. The summed E-state index contributed by atoms with van der Waals surface area (Å²) in [7, 11) is 0. The maximum Gasteiger partial charge on any atom is 0.142 e. The van der Waals surface area contributed by atoms with Gasteiger partial charge in [0.25, 0.3) is 0 Å². The number of benzene rings is 2. The molecule has 2 N–H and O–H groups in total. The molecule has 0 aromatic heterocycles. The Labute approximate surface area is 133 Å². The highest BCUT2D eigenvalue weighted by molar-refractivity contribution is 9.10. The summed E-state index contributed by atoms with van der Waals surface area (Å²) in [5.74, 6) is -0.369. The lowest BCUT2D eigenvalue weighted by Gasteiger charge is -2.27. The molecule has 0 radical (unpaired) electrons. The van der Waals surface area contributed by atoms with E-state index in [4.69, 9.17) is 17.3 Å². The van der Waals surface area contributed by atoms with Crippen LogP contribution in [-0.4, -0.2) is 0 Å². The summed E-state index contributed by atoms with van der Waals surface area (Å²) >= 11 is 12.7. The molecule has 1 unspecified atom stereocenters. The average Bonchev–Trinajstić information content (AvgIpc) is 2.31. The molecular formula is C14H11Br2ClFN. The number of hydrogen-bond donors (Lipinski definition) is 1. The maximum atomic E-state index is 14.2. The minimum atomic E-state index is -1.01. The van der Waals surface area contributed by atoms with Gasteiger partial charge in [0.2, 0.25) is 0 Å². The van der Waals surface area contributed by atoms with Crippen molar-refractivity contribution >= 4 is 43.5 Å². The molecule has 0 saturated heterocycles. The molecule has 19 heavy (non-hydrogen) atoms. The molecule has 2 rings (SSSR count).